The molecule has 0 saturated heterocycles. The average molecular weight is 262 g/mol. The van der Waals surface area contributed by atoms with Gasteiger partial charge in [0.05, 0.1) is 5.69 Å². The summed E-state index contributed by atoms with van der Waals surface area (Å²) in [7, 11) is 0. The second-order valence-electron chi connectivity index (χ2n) is 4.24. The molecule has 0 radical (unpaired) electrons. The van der Waals surface area contributed by atoms with E-state index in [1.807, 2.05) is 0 Å². The van der Waals surface area contributed by atoms with Gasteiger partial charge in [0.1, 0.15) is 5.82 Å². The molecule has 0 unspecified atom stereocenters. The van der Waals surface area contributed by atoms with Crippen LogP contribution in [0, 0.1) is 19.7 Å². The van der Waals surface area contributed by atoms with Gasteiger partial charge in [-0.25, -0.2) is 9.37 Å². The van der Waals surface area contributed by atoms with Gasteiger partial charge in [-0.1, -0.05) is 18.2 Å². The summed E-state index contributed by atoms with van der Waals surface area (Å²) in [6.07, 6.45) is 0.435. The quantitative estimate of drug-likeness (QED) is 0.920. The number of hydrogen-bond donors (Lipinski definition) is 1. The van der Waals surface area contributed by atoms with E-state index in [4.69, 9.17) is 4.42 Å². The first-order valence-corrected chi connectivity index (χ1v) is 6.03. The smallest absolute Gasteiger partial charge is 0.289 e. The zero-order valence-corrected chi connectivity index (χ0v) is 10.9. The molecule has 2 aromatic rings. The Labute approximate surface area is 110 Å². The maximum Gasteiger partial charge on any atom is 0.289 e. The van der Waals surface area contributed by atoms with Gasteiger partial charge in [0.25, 0.3) is 5.91 Å². The van der Waals surface area contributed by atoms with E-state index in [2.05, 4.69) is 10.3 Å². The SMILES string of the molecule is Cc1nc(C)c(C(=O)NCCc2ccccc2F)o1. The summed E-state index contributed by atoms with van der Waals surface area (Å²) < 4.78 is 18.6. The van der Waals surface area contributed by atoms with Gasteiger partial charge in [0.15, 0.2) is 5.89 Å². The Morgan fingerprint density at radius 3 is 2.74 bits per heavy atom. The summed E-state index contributed by atoms with van der Waals surface area (Å²) in [5.74, 6) is 0.0839. The molecule has 1 amide bonds. The van der Waals surface area contributed by atoms with E-state index in [0.717, 1.165) is 0 Å². The van der Waals surface area contributed by atoms with Crippen molar-refractivity contribution in [3.05, 3.63) is 53.0 Å². The number of aromatic nitrogens is 1. The molecule has 4 nitrogen and oxygen atoms in total. The zero-order chi connectivity index (χ0) is 13.8. The van der Waals surface area contributed by atoms with Crippen LogP contribution >= 0.6 is 0 Å². The minimum Gasteiger partial charge on any atom is -0.436 e. The van der Waals surface area contributed by atoms with E-state index in [1.165, 1.54) is 6.07 Å². The minimum atomic E-state index is -0.325. The number of nitrogens with one attached hydrogen (secondary N) is 1. The number of benzene rings is 1. The molecule has 100 valence electrons. The molecule has 0 aliphatic rings. The average Bonchev–Trinajstić information content (AvgIpc) is 2.71. The Morgan fingerprint density at radius 2 is 2.11 bits per heavy atom. The van der Waals surface area contributed by atoms with Crippen LogP contribution in [0.1, 0.15) is 27.7 Å². The molecule has 0 saturated carbocycles. The molecule has 0 atom stereocenters. The number of amides is 1. The summed E-state index contributed by atoms with van der Waals surface area (Å²) in [5, 5.41) is 2.69. The van der Waals surface area contributed by atoms with Gasteiger partial charge >= 0.3 is 0 Å². The van der Waals surface area contributed by atoms with Crippen molar-refractivity contribution in [2.24, 2.45) is 0 Å². The fraction of sp³-hybridized carbons (Fsp3) is 0.286. The highest BCUT2D eigenvalue weighted by Crippen LogP contribution is 2.09. The molecule has 0 fully saturated rings. The lowest BCUT2D eigenvalue weighted by Gasteiger charge is -2.04. The normalized spacial score (nSPS) is 10.5. The van der Waals surface area contributed by atoms with Crippen LogP contribution in [0.15, 0.2) is 28.7 Å². The first-order chi connectivity index (χ1) is 9.08. The molecule has 0 bridgehead atoms. The highest BCUT2D eigenvalue weighted by Gasteiger charge is 2.15. The molecule has 1 N–H and O–H groups in total. The van der Waals surface area contributed by atoms with Gasteiger partial charge in [-0.2, -0.15) is 0 Å². The highest BCUT2D eigenvalue weighted by molar-refractivity contribution is 5.92. The second-order valence-corrected chi connectivity index (χ2v) is 4.24. The van der Waals surface area contributed by atoms with Crippen LogP contribution in [0.3, 0.4) is 0 Å². The minimum absolute atomic E-state index is 0.214. The standard InChI is InChI=1S/C14H15FN2O2/c1-9-13(19-10(2)17-9)14(18)16-8-7-11-5-3-4-6-12(11)15/h3-6H,7-8H2,1-2H3,(H,16,18). The van der Waals surface area contributed by atoms with Crippen molar-refractivity contribution in [1.29, 1.82) is 0 Å². The van der Waals surface area contributed by atoms with E-state index in [1.54, 1.807) is 32.0 Å². The maximum absolute atomic E-state index is 13.4. The number of oxazole rings is 1. The predicted molar refractivity (Wildman–Crippen MR) is 68.4 cm³/mol. The number of aryl methyl sites for hydroxylation is 2. The topological polar surface area (TPSA) is 55.1 Å². The van der Waals surface area contributed by atoms with Gasteiger partial charge in [-0.15, -0.1) is 0 Å². The molecule has 0 aliphatic carbocycles. The molecule has 5 heteroatoms. The maximum atomic E-state index is 13.4. The molecule has 1 aromatic heterocycles. The number of hydrogen-bond acceptors (Lipinski definition) is 3. The van der Waals surface area contributed by atoms with Gasteiger partial charge in [0, 0.05) is 13.5 Å². The lowest BCUT2D eigenvalue weighted by molar-refractivity contribution is 0.0924. The summed E-state index contributed by atoms with van der Waals surface area (Å²) in [6, 6.07) is 6.51. The van der Waals surface area contributed by atoms with E-state index < -0.39 is 0 Å². The Morgan fingerprint density at radius 1 is 1.37 bits per heavy atom. The van der Waals surface area contributed by atoms with Crippen LogP contribution in [-0.4, -0.2) is 17.4 Å². The molecule has 2 rings (SSSR count). The molecular formula is C14H15FN2O2. The van der Waals surface area contributed by atoms with Crippen LogP contribution in [0.5, 0.6) is 0 Å². The van der Waals surface area contributed by atoms with E-state index in [9.17, 15) is 9.18 Å². The van der Waals surface area contributed by atoms with Gasteiger partial charge in [-0.3, -0.25) is 4.79 Å². The third-order valence-electron chi connectivity index (χ3n) is 2.75. The molecule has 0 spiro atoms. The van der Waals surface area contributed by atoms with Crippen molar-refractivity contribution >= 4 is 5.91 Å². The third kappa shape index (κ3) is 3.19. The van der Waals surface area contributed by atoms with E-state index in [-0.39, 0.29) is 17.5 Å². The third-order valence-corrected chi connectivity index (χ3v) is 2.75. The molecule has 19 heavy (non-hydrogen) atoms. The largest absolute Gasteiger partial charge is 0.436 e. The zero-order valence-electron chi connectivity index (χ0n) is 10.9. The fourth-order valence-electron chi connectivity index (χ4n) is 1.83. The number of rotatable bonds is 4. The predicted octanol–water partition coefficient (Wildman–Crippen LogP) is 2.40. The lowest BCUT2D eigenvalue weighted by atomic mass is 10.1. The van der Waals surface area contributed by atoms with Crippen molar-refractivity contribution in [3.63, 3.8) is 0 Å². The van der Waals surface area contributed by atoms with E-state index in [0.29, 0.717) is 30.1 Å². The van der Waals surface area contributed by atoms with Crippen LogP contribution < -0.4 is 5.32 Å². The Kier molecular flexibility index (Phi) is 3.94. The van der Waals surface area contributed by atoms with Crippen molar-refractivity contribution in [2.45, 2.75) is 20.3 Å². The van der Waals surface area contributed by atoms with Crippen molar-refractivity contribution < 1.29 is 13.6 Å². The monoisotopic (exact) mass is 262 g/mol. The molecule has 1 heterocycles. The van der Waals surface area contributed by atoms with Gasteiger partial charge in [-0.05, 0) is 25.0 Å². The summed E-state index contributed by atoms with van der Waals surface area (Å²) in [6.45, 7) is 3.74. The van der Waals surface area contributed by atoms with Crippen molar-refractivity contribution in [3.8, 4) is 0 Å². The Bertz CT molecular complexity index is 593. The van der Waals surface area contributed by atoms with Gasteiger partial charge < -0.3 is 9.73 Å². The number of nitrogens with zero attached hydrogens (tertiary/aromatic N) is 1. The Balaban J connectivity index is 1.91. The lowest BCUT2D eigenvalue weighted by Crippen LogP contribution is -2.26. The first kappa shape index (κ1) is 13.3. The van der Waals surface area contributed by atoms with Crippen LogP contribution in [0.25, 0.3) is 0 Å². The Hall–Kier alpha value is -2.17. The molecular weight excluding hydrogens is 247 g/mol. The molecule has 1 aromatic carbocycles. The number of carbonyl (C=O) groups is 1. The number of carbonyl (C=O) groups excluding carboxylic acids is 1. The van der Waals surface area contributed by atoms with Crippen LogP contribution in [0.4, 0.5) is 4.39 Å². The second kappa shape index (κ2) is 5.65. The van der Waals surface area contributed by atoms with Crippen molar-refractivity contribution in [1.82, 2.24) is 10.3 Å². The summed E-state index contributed by atoms with van der Waals surface area (Å²) in [4.78, 5) is 15.8. The fourth-order valence-corrected chi connectivity index (χ4v) is 1.83. The van der Waals surface area contributed by atoms with Crippen LogP contribution in [0.2, 0.25) is 0 Å². The molecule has 0 aliphatic heterocycles. The summed E-state index contributed by atoms with van der Waals surface area (Å²) >= 11 is 0. The van der Waals surface area contributed by atoms with E-state index >= 15 is 0 Å². The van der Waals surface area contributed by atoms with Crippen LogP contribution in [-0.2, 0) is 6.42 Å². The first-order valence-electron chi connectivity index (χ1n) is 6.03. The van der Waals surface area contributed by atoms with Crippen molar-refractivity contribution in [2.75, 3.05) is 6.54 Å². The van der Waals surface area contributed by atoms with Gasteiger partial charge in [0.2, 0.25) is 5.76 Å². The summed E-state index contributed by atoms with van der Waals surface area (Å²) in [5.41, 5.74) is 1.13. The highest BCUT2D eigenvalue weighted by atomic mass is 19.1. The number of halogens is 1.